The number of aryl methyl sites for hydroxylation is 1. The van der Waals surface area contributed by atoms with Crippen LogP contribution in [0.15, 0.2) is 17.1 Å². The normalized spacial score (nSPS) is 15.1. The summed E-state index contributed by atoms with van der Waals surface area (Å²) in [6.07, 6.45) is 5.21. The fourth-order valence-corrected chi connectivity index (χ4v) is 3.47. The van der Waals surface area contributed by atoms with E-state index in [1.165, 1.54) is 22.6 Å². The molecule has 1 aliphatic carbocycles. The summed E-state index contributed by atoms with van der Waals surface area (Å²) in [4.78, 5) is 18.6. The van der Waals surface area contributed by atoms with Gasteiger partial charge in [0.1, 0.15) is 0 Å². The topological polar surface area (TPSA) is 65.5 Å². The smallest absolute Gasteiger partial charge is 0.221 e. The van der Waals surface area contributed by atoms with Crippen molar-refractivity contribution >= 4 is 47.2 Å². The number of amides is 1. The molecule has 7 heteroatoms. The number of rotatable bonds is 6. The number of aliphatic imine (C=N–C) groups is 1. The van der Waals surface area contributed by atoms with Crippen LogP contribution in [0.4, 0.5) is 0 Å². The zero-order chi connectivity index (χ0) is 15.8. The van der Waals surface area contributed by atoms with Crippen molar-refractivity contribution in [2.24, 2.45) is 4.99 Å². The maximum Gasteiger partial charge on any atom is 0.221 e. The third-order valence-corrected chi connectivity index (χ3v) is 4.82. The fourth-order valence-electron chi connectivity index (χ4n) is 2.64. The second-order valence-corrected chi connectivity index (χ2v) is 7.04. The molecular formula is C16H27IN4OS. The average molecular weight is 450 g/mol. The zero-order valence-corrected chi connectivity index (χ0v) is 17.0. The molecule has 23 heavy (non-hydrogen) atoms. The van der Waals surface area contributed by atoms with Crippen molar-refractivity contribution in [3.63, 3.8) is 0 Å². The van der Waals surface area contributed by atoms with E-state index in [0.717, 1.165) is 25.3 Å². The number of halogens is 1. The van der Waals surface area contributed by atoms with Crippen LogP contribution in [0.25, 0.3) is 0 Å². The first-order chi connectivity index (χ1) is 10.7. The number of carbonyl (C=O) groups excluding carboxylic acids is 1. The van der Waals surface area contributed by atoms with Crippen molar-refractivity contribution in [1.82, 2.24) is 16.0 Å². The minimum atomic E-state index is 0. The minimum absolute atomic E-state index is 0. The summed E-state index contributed by atoms with van der Waals surface area (Å²) in [5, 5.41) is 9.54. The summed E-state index contributed by atoms with van der Waals surface area (Å²) in [6, 6.07) is 4.63. The molecule has 130 valence electrons. The third-order valence-electron chi connectivity index (χ3n) is 3.81. The van der Waals surface area contributed by atoms with Gasteiger partial charge < -0.3 is 16.0 Å². The molecule has 0 bridgehead atoms. The molecule has 3 N–H and O–H groups in total. The van der Waals surface area contributed by atoms with Gasteiger partial charge in [0.25, 0.3) is 0 Å². The molecule has 1 saturated carbocycles. The molecule has 0 unspecified atom stereocenters. The third kappa shape index (κ3) is 7.52. The molecule has 1 aromatic rings. The van der Waals surface area contributed by atoms with Gasteiger partial charge in [-0.2, -0.15) is 0 Å². The quantitative estimate of drug-likeness (QED) is 0.355. The summed E-state index contributed by atoms with van der Waals surface area (Å²) < 4.78 is 0. The van der Waals surface area contributed by atoms with E-state index in [1.54, 1.807) is 18.4 Å². The van der Waals surface area contributed by atoms with Gasteiger partial charge in [0.05, 0.1) is 6.54 Å². The van der Waals surface area contributed by atoms with Crippen molar-refractivity contribution in [3.8, 4) is 0 Å². The highest BCUT2D eigenvalue weighted by atomic mass is 127. The molecule has 0 atom stereocenters. The number of thiophene rings is 1. The number of guanidine groups is 1. The number of hydrogen-bond donors (Lipinski definition) is 3. The Labute approximate surface area is 159 Å². The predicted molar refractivity (Wildman–Crippen MR) is 108 cm³/mol. The van der Waals surface area contributed by atoms with E-state index in [4.69, 9.17) is 0 Å². The van der Waals surface area contributed by atoms with Gasteiger partial charge in [-0.15, -0.1) is 35.3 Å². The lowest BCUT2D eigenvalue weighted by Crippen LogP contribution is -2.40. The summed E-state index contributed by atoms with van der Waals surface area (Å²) in [6.45, 7) is 3.46. The number of carbonyl (C=O) groups is 1. The van der Waals surface area contributed by atoms with E-state index in [1.807, 2.05) is 0 Å². The van der Waals surface area contributed by atoms with Crippen molar-refractivity contribution in [2.45, 2.75) is 51.6 Å². The predicted octanol–water partition coefficient (Wildman–Crippen LogP) is 2.79. The molecule has 0 spiro atoms. The molecule has 1 fully saturated rings. The van der Waals surface area contributed by atoms with Gasteiger partial charge in [0.2, 0.25) is 5.91 Å². The monoisotopic (exact) mass is 450 g/mol. The molecule has 5 nitrogen and oxygen atoms in total. The van der Waals surface area contributed by atoms with Gasteiger partial charge in [0.15, 0.2) is 5.96 Å². The van der Waals surface area contributed by atoms with Crippen LogP contribution < -0.4 is 16.0 Å². The Balaban J connectivity index is 0.00000264. The number of nitrogens with zero attached hydrogens (tertiary/aromatic N) is 1. The molecule has 0 radical (unpaired) electrons. The van der Waals surface area contributed by atoms with Crippen molar-refractivity contribution in [1.29, 1.82) is 0 Å². The van der Waals surface area contributed by atoms with Gasteiger partial charge in [0, 0.05) is 35.8 Å². The highest BCUT2D eigenvalue weighted by Gasteiger charge is 2.16. The second kappa shape index (κ2) is 10.9. The number of hydrogen-bond acceptors (Lipinski definition) is 3. The first kappa shape index (κ1) is 20.2. The van der Waals surface area contributed by atoms with E-state index in [9.17, 15) is 4.79 Å². The molecule has 1 amide bonds. The van der Waals surface area contributed by atoms with Crippen LogP contribution in [0.5, 0.6) is 0 Å². The number of nitrogens with one attached hydrogen (secondary N) is 3. The van der Waals surface area contributed by atoms with E-state index in [-0.39, 0.29) is 29.9 Å². The lowest BCUT2D eigenvalue weighted by atomic mass is 10.2. The van der Waals surface area contributed by atoms with E-state index in [2.05, 4.69) is 40.0 Å². The lowest BCUT2D eigenvalue weighted by Gasteiger charge is -2.13. The molecule has 1 aliphatic rings. The van der Waals surface area contributed by atoms with Crippen LogP contribution in [0.3, 0.4) is 0 Å². The van der Waals surface area contributed by atoms with Gasteiger partial charge in [-0.05, 0) is 31.9 Å². The summed E-state index contributed by atoms with van der Waals surface area (Å²) in [5.74, 6) is 0.864. The Morgan fingerprint density at radius 2 is 2.04 bits per heavy atom. The van der Waals surface area contributed by atoms with Crippen molar-refractivity contribution < 1.29 is 4.79 Å². The Bertz CT molecular complexity index is 512. The van der Waals surface area contributed by atoms with Gasteiger partial charge in [-0.25, -0.2) is 0 Å². The molecular weight excluding hydrogens is 423 g/mol. The van der Waals surface area contributed by atoms with Crippen LogP contribution in [0.1, 0.15) is 41.9 Å². The first-order valence-electron chi connectivity index (χ1n) is 7.96. The maximum absolute atomic E-state index is 11.8. The Morgan fingerprint density at radius 3 is 2.65 bits per heavy atom. The summed E-state index contributed by atoms with van der Waals surface area (Å²) >= 11 is 1.78. The minimum Gasteiger partial charge on any atom is -0.356 e. The summed E-state index contributed by atoms with van der Waals surface area (Å²) in [5.41, 5.74) is 0. The molecule has 1 aromatic heterocycles. The van der Waals surface area contributed by atoms with Gasteiger partial charge >= 0.3 is 0 Å². The first-order valence-corrected chi connectivity index (χ1v) is 8.78. The lowest BCUT2D eigenvalue weighted by molar-refractivity contribution is -0.121. The zero-order valence-electron chi connectivity index (χ0n) is 13.9. The Morgan fingerprint density at radius 1 is 1.30 bits per heavy atom. The van der Waals surface area contributed by atoms with Crippen molar-refractivity contribution in [2.75, 3.05) is 13.6 Å². The average Bonchev–Trinajstić information content (AvgIpc) is 3.14. The fraction of sp³-hybridized carbons (Fsp3) is 0.625. The van der Waals surface area contributed by atoms with E-state index < -0.39 is 0 Å². The van der Waals surface area contributed by atoms with Crippen LogP contribution in [0, 0.1) is 6.92 Å². The van der Waals surface area contributed by atoms with Crippen molar-refractivity contribution in [3.05, 3.63) is 21.9 Å². The van der Waals surface area contributed by atoms with Crippen LogP contribution >= 0.6 is 35.3 Å². The van der Waals surface area contributed by atoms with Gasteiger partial charge in [-0.1, -0.05) is 12.8 Å². The standard InChI is InChI=1S/C16H26N4OS.HI/c1-12-7-8-14(22-12)11-19-16(17-2)18-10-9-15(21)20-13-5-3-4-6-13;/h7-8,13H,3-6,9-11H2,1-2H3,(H,20,21)(H2,17,18,19);1H. The molecule has 0 aromatic carbocycles. The highest BCUT2D eigenvalue weighted by molar-refractivity contribution is 14.0. The molecule has 0 saturated heterocycles. The molecule has 2 rings (SSSR count). The Hall–Kier alpha value is -0.830. The largest absolute Gasteiger partial charge is 0.356 e. The highest BCUT2D eigenvalue weighted by Crippen LogP contribution is 2.17. The summed E-state index contributed by atoms with van der Waals surface area (Å²) in [7, 11) is 1.74. The molecule has 0 aliphatic heterocycles. The van der Waals surface area contributed by atoms with E-state index >= 15 is 0 Å². The maximum atomic E-state index is 11.8. The molecule has 1 heterocycles. The van der Waals surface area contributed by atoms with Crippen LogP contribution in [-0.2, 0) is 11.3 Å². The van der Waals surface area contributed by atoms with Gasteiger partial charge in [-0.3, -0.25) is 9.79 Å². The van der Waals surface area contributed by atoms with E-state index in [0.29, 0.717) is 19.0 Å². The Kier molecular flexibility index (Phi) is 9.54. The SMILES string of the molecule is CN=C(NCCC(=O)NC1CCCC1)NCc1ccc(C)s1.I. The van der Waals surface area contributed by atoms with Crippen LogP contribution in [0.2, 0.25) is 0 Å². The second-order valence-electron chi connectivity index (χ2n) is 5.66. The van der Waals surface area contributed by atoms with Crippen LogP contribution in [-0.4, -0.2) is 31.5 Å².